The predicted octanol–water partition coefficient (Wildman–Crippen LogP) is 3.32. The number of carbonyl (C=O) groups is 1. The van der Waals surface area contributed by atoms with Gasteiger partial charge in [0.05, 0.1) is 11.8 Å². The summed E-state index contributed by atoms with van der Waals surface area (Å²) in [5, 5.41) is 2.40. The molecule has 2 atom stereocenters. The summed E-state index contributed by atoms with van der Waals surface area (Å²) in [5.41, 5.74) is -1.64. The van der Waals surface area contributed by atoms with Gasteiger partial charge in [0, 0.05) is 37.0 Å². The number of pyridine rings is 1. The molecule has 7 heteroatoms. The lowest BCUT2D eigenvalue weighted by molar-refractivity contribution is -0.135. The van der Waals surface area contributed by atoms with Crippen LogP contribution in [-0.4, -0.2) is 18.0 Å². The molecule has 0 spiro atoms. The van der Waals surface area contributed by atoms with Crippen molar-refractivity contribution >= 4 is 5.91 Å². The molecule has 4 nitrogen and oxygen atoms in total. The lowest BCUT2D eigenvalue weighted by atomic mass is 9.81. The van der Waals surface area contributed by atoms with Crippen LogP contribution in [0, 0.1) is 11.6 Å². The van der Waals surface area contributed by atoms with Gasteiger partial charge in [-0.3, -0.25) is 9.78 Å². The van der Waals surface area contributed by atoms with Gasteiger partial charge in [0.1, 0.15) is 11.6 Å². The number of amides is 1. The molecule has 1 aliphatic rings. The zero-order valence-corrected chi connectivity index (χ0v) is 13.6. The topological polar surface area (TPSA) is 51.2 Å². The minimum Gasteiger partial charge on any atom is -0.375 e. The average molecular weight is 350 g/mol. The van der Waals surface area contributed by atoms with E-state index in [0.29, 0.717) is 12.1 Å². The largest absolute Gasteiger partial charge is 0.375 e. The smallest absolute Gasteiger partial charge is 0.262 e. The summed E-state index contributed by atoms with van der Waals surface area (Å²) in [6.45, 7) is -0.236. The first-order chi connectivity index (χ1) is 12.0. The molecule has 1 N–H and O–H groups in total. The lowest BCUT2D eigenvalue weighted by Crippen LogP contribution is -2.44. The van der Waals surface area contributed by atoms with Crippen LogP contribution in [0.25, 0.3) is 0 Å². The number of hydrogen-bond donors (Lipinski definition) is 1. The molecule has 0 fully saturated rings. The number of aromatic nitrogens is 1. The second kappa shape index (κ2) is 6.84. The molecule has 0 radical (unpaired) electrons. The van der Waals surface area contributed by atoms with Gasteiger partial charge in [-0.2, -0.15) is 0 Å². The second-order valence-electron chi connectivity index (χ2n) is 5.92. The minimum atomic E-state index is -2.27. The lowest BCUT2D eigenvalue weighted by Gasteiger charge is -2.33. The first-order valence-corrected chi connectivity index (χ1v) is 7.85. The Morgan fingerprint density at radius 2 is 2.20 bits per heavy atom. The molecule has 1 amide bonds. The number of alkyl halides is 1. The van der Waals surface area contributed by atoms with Gasteiger partial charge in [-0.05, 0) is 25.0 Å². The van der Waals surface area contributed by atoms with Crippen molar-refractivity contribution in [2.24, 2.45) is 0 Å². The first kappa shape index (κ1) is 17.4. The number of nitrogens with one attached hydrogen (secondary N) is 1. The Morgan fingerprint density at radius 1 is 1.40 bits per heavy atom. The third-order valence-corrected chi connectivity index (χ3v) is 4.42. The molecule has 0 aliphatic heterocycles. The molecule has 1 aromatic heterocycles. The number of carbonyl (C=O) groups excluding carboxylic acids is 1. The third kappa shape index (κ3) is 3.24. The molecule has 1 heterocycles. The van der Waals surface area contributed by atoms with Crippen LogP contribution in [-0.2, 0) is 21.7 Å². The summed E-state index contributed by atoms with van der Waals surface area (Å²) in [6.07, 6.45) is 1.38. The molecule has 0 saturated carbocycles. The fourth-order valence-corrected chi connectivity index (χ4v) is 3.06. The molecule has 25 heavy (non-hydrogen) atoms. The average Bonchev–Trinajstić information content (AvgIpc) is 2.61. The Balaban J connectivity index is 1.81. The fourth-order valence-electron chi connectivity index (χ4n) is 3.06. The number of ether oxygens (including phenoxy) is 1. The van der Waals surface area contributed by atoms with Crippen LogP contribution in [0.3, 0.4) is 0 Å². The molecule has 0 saturated heterocycles. The van der Waals surface area contributed by atoms with E-state index in [1.807, 2.05) is 0 Å². The molecular formula is C18H17F3N2O2. The van der Waals surface area contributed by atoms with Crippen molar-refractivity contribution < 1.29 is 22.7 Å². The van der Waals surface area contributed by atoms with E-state index in [1.54, 1.807) is 6.07 Å². The second-order valence-corrected chi connectivity index (χ2v) is 5.92. The van der Waals surface area contributed by atoms with Crippen LogP contribution >= 0.6 is 0 Å². The zero-order valence-electron chi connectivity index (χ0n) is 13.6. The van der Waals surface area contributed by atoms with Crippen LogP contribution in [0.5, 0.6) is 0 Å². The fraction of sp³-hybridized carbons (Fsp3) is 0.333. The highest BCUT2D eigenvalue weighted by Crippen LogP contribution is 2.43. The van der Waals surface area contributed by atoms with Crippen molar-refractivity contribution in [2.75, 3.05) is 7.11 Å². The summed E-state index contributed by atoms with van der Waals surface area (Å²) in [4.78, 5) is 16.6. The van der Waals surface area contributed by atoms with E-state index in [-0.39, 0.29) is 30.2 Å². The van der Waals surface area contributed by atoms with Crippen molar-refractivity contribution in [2.45, 2.75) is 31.2 Å². The zero-order chi connectivity index (χ0) is 18.0. The standard InChI is InChI=1S/C18H17F3N2O2/c1-25-15-6-7-18(21,13-3-2-8-22-16(13)15)17(24)23-10-11-4-5-12(19)9-14(11)20/h2-5,8-9,15H,6-7,10H2,1H3,(H,23,24)/t15?,18-/m0/s1. The summed E-state index contributed by atoms with van der Waals surface area (Å²) >= 11 is 0. The van der Waals surface area contributed by atoms with Gasteiger partial charge in [-0.1, -0.05) is 12.1 Å². The maximum atomic E-state index is 15.5. The highest BCUT2D eigenvalue weighted by atomic mass is 19.1. The quantitative estimate of drug-likeness (QED) is 0.920. The van der Waals surface area contributed by atoms with Crippen molar-refractivity contribution in [3.8, 4) is 0 Å². The summed E-state index contributed by atoms with van der Waals surface area (Å²) in [5.74, 6) is -2.38. The molecule has 1 aliphatic carbocycles. The SMILES string of the molecule is COC1CC[C@@](F)(C(=O)NCc2ccc(F)cc2F)c2cccnc21. The molecule has 2 aromatic rings. The molecular weight excluding hydrogens is 333 g/mol. The summed E-state index contributed by atoms with van der Waals surface area (Å²) < 4.78 is 47.4. The van der Waals surface area contributed by atoms with Crippen molar-refractivity contribution in [3.05, 3.63) is 65.0 Å². The Hall–Kier alpha value is -2.41. The Bertz CT molecular complexity index is 800. The number of halogens is 3. The predicted molar refractivity (Wildman–Crippen MR) is 84.2 cm³/mol. The van der Waals surface area contributed by atoms with Gasteiger partial charge in [0.15, 0.2) is 0 Å². The van der Waals surface area contributed by atoms with Gasteiger partial charge >= 0.3 is 0 Å². The van der Waals surface area contributed by atoms with Crippen LogP contribution in [0.15, 0.2) is 36.5 Å². The monoisotopic (exact) mass is 350 g/mol. The van der Waals surface area contributed by atoms with Crippen molar-refractivity contribution in [3.63, 3.8) is 0 Å². The van der Waals surface area contributed by atoms with Crippen LogP contribution < -0.4 is 5.32 Å². The van der Waals surface area contributed by atoms with Gasteiger partial charge in [-0.25, -0.2) is 13.2 Å². The first-order valence-electron chi connectivity index (χ1n) is 7.85. The number of rotatable bonds is 4. The van der Waals surface area contributed by atoms with E-state index in [9.17, 15) is 13.6 Å². The molecule has 0 bridgehead atoms. The minimum absolute atomic E-state index is 0.0675. The summed E-state index contributed by atoms with van der Waals surface area (Å²) in [7, 11) is 1.51. The maximum Gasteiger partial charge on any atom is 0.262 e. The van der Waals surface area contributed by atoms with Gasteiger partial charge in [-0.15, -0.1) is 0 Å². The summed E-state index contributed by atoms with van der Waals surface area (Å²) in [6, 6.07) is 6.07. The number of fused-ring (bicyclic) bond motifs is 1. The Morgan fingerprint density at radius 3 is 2.92 bits per heavy atom. The van der Waals surface area contributed by atoms with Gasteiger partial charge in [0.25, 0.3) is 5.91 Å². The van der Waals surface area contributed by atoms with E-state index in [2.05, 4.69) is 10.3 Å². The van der Waals surface area contributed by atoms with E-state index < -0.39 is 23.2 Å². The number of nitrogens with zero attached hydrogens (tertiary/aromatic N) is 1. The molecule has 1 aromatic carbocycles. The third-order valence-electron chi connectivity index (χ3n) is 4.42. The van der Waals surface area contributed by atoms with Crippen LogP contribution in [0.2, 0.25) is 0 Å². The van der Waals surface area contributed by atoms with Gasteiger partial charge < -0.3 is 10.1 Å². The normalized spacial score (nSPS) is 22.3. The van der Waals surface area contributed by atoms with E-state index in [4.69, 9.17) is 4.74 Å². The highest BCUT2D eigenvalue weighted by Gasteiger charge is 2.47. The van der Waals surface area contributed by atoms with E-state index >= 15 is 4.39 Å². The Labute approximate surface area is 143 Å². The van der Waals surface area contributed by atoms with E-state index in [1.165, 1.54) is 25.4 Å². The number of benzene rings is 1. The highest BCUT2D eigenvalue weighted by molar-refractivity contribution is 5.87. The van der Waals surface area contributed by atoms with Crippen molar-refractivity contribution in [1.82, 2.24) is 10.3 Å². The molecule has 3 rings (SSSR count). The van der Waals surface area contributed by atoms with E-state index in [0.717, 1.165) is 12.1 Å². The van der Waals surface area contributed by atoms with Gasteiger partial charge in [0.2, 0.25) is 5.67 Å². The molecule has 1 unspecified atom stereocenters. The van der Waals surface area contributed by atoms with Crippen LogP contribution in [0.4, 0.5) is 13.2 Å². The van der Waals surface area contributed by atoms with Crippen molar-refractivity contribution in [1.29, 1.82) is 0 Å². The Kier molecular flexibility index (Phi) is 4.76. The molecule has 132 valence electrons. The van der Waals surface area contributed by atoms with Crippen LogP contribution in [0.1, 0.15) is 35.8 Å². The maximum absolute atomic E-state index is 15.5. The number of hydrogen-bond acceptors (Lipinski definition) is 3. The number of methoxy groups -OCH3 is 1.